The van der Waals surface area contributed by atoms with Crippen LogP contribution in [0.25, 0.3) is 0 Å². The number of carbonyl (C=O) groups is 1. The molecule has 1 saturated heterocycles. The van der Waals surface area contributed by atoms with Gasteiger partial charge in [-0.1, -0.05) is 17.7 Å². The van der Waals surface area contributed by atoms with E-state index in [0.29, 0.717) is 5.82 Å². The number of carbonyl (C=O) groups excluding carboxylic acids is 1. The van der Waals surface area contributed by atoms with Crippen LogP contribution in [-0.2, 0) is 0 Å². The molecule has 1 aromatic heterocycles. The van der Waals surface area contributed by atoms with E-state index >= 15 is 0 Å². The molecular formula is C18H21ClN4O. The van der Waals surface area contributed by atoms with Crippen molar-refractivity contribution in [3.05, 3.63) is 53.2 Å². The first kappa shape index (κ1) is 16.6. The summed E-state index contributed by atoms with van der Waals surface area (Å²) in [5.74, 6) is 0.559. The molecule has 5 nitrogen and oxygen atoms in total. The third kappa shape index (κ3) is 4.38. The van der Waals surface area contributed by atoms with Gasteiger partial charge in [-0.05, 0) is 55.7 Å². The lowest BCUT2D eigenvalue weighted by molar-refractivity contribution is 0.246. The Kier molecular flexibility index (Phi) is 5.20. The lowest BCUT2D eigenvalue weighted by Crippen LogP contribution is -2.49. The van der Waals surface area contributed by atoms with Crippen LogP contribution in [0.15, 0.2) is 42.6 Å². The Bertz CT molecular complexity index is 687. The lowest BCUT2D eigenvalue weighted by Gasteiger charge is -2.34. The third-order valence-electron chi connectivity index (χ3n) is 4.10. The molecule has 1 unspecified atom stereocenters. The molecule has 0 radical (unpaired) electrons. The third-order valence-corrected chi connectivity index (χ3v) is 4.35. The number of aromatic nitrogens is 1. The molecule has 2 heterocycles. The topological polar surface area (TPSA) is 57.3 Å². The second-order valence-electron chi connectivity index (χ2n) is 6.08. The molecule has 3 rings (SSSR count). The van der Waals surface area contributed by atoms with E-state index in [1.165, 1.54) is 0 Å². The minimum atomic E-state index is -0.214. The van der Waals surface area contributed by atoms with E-state index in [1.54, 1.807) is 12.3 Å². The number of nitrogens with zero attached hydrogens (tertiary/aromatic N) is 2. The molecule has 2 N–H and O–H groups in total. The van der Waals surface area contributed by atoms with Crippen molar-refractivity contribution in [3.8, 4) is 0 Å². The van der Waals surface area contributed by atoms with Gasteiger partial charge in [0.2, 0.25) is 0 Å². The molecule has 1 atom stereocenters. The van der Waals surface area contributed by atoms with E-state index in [1.807, 2.05) is 37.3 Å². The molecule has 0 spiro atoms. The minimum Gasteiger partial charge on any atom is -0.369 e. The van der Waals surface area contributed by atoms with Crippen LogP contribution in [0.4, 0.5) is 16.3 Å². The highest BCUT2D eigenvalue weighted by Gasteiger charge is 2.21. The summed E-state index contributed by atoms with van der Waals surface area (Å²) in [6.45, 7) is 3.74. The molecule has 2 amide bonds. The van der Waals surface area contributed by atoms with Crippen LogP contribution in [0.5, 0.6) is 0 Å². The number of pyridine rings is 1. The first-order valence-electron chi connectivity index (χ1n) is 8.11. The van der Waals surface area contributed by atoms with Gasteiger partial charge in [-0.25, -0.2) is 9.78 Å². The van der Waals surface area contributed by atoms with Crippen LogP contribution in [0, 0.1) is 6.92 Å². The molecule has 6 heteroatoms. The molecule has 2 aromatic rings. The summed E-state index contributed by atoms with van der Waals surface area (Å²) in [6, 6.07) is 11.4. The van der Waals surface area contributed by atoms with Crippen molar-refractivity contribution in [2.75, 3.05) is 23.3 Å². The number of aryl methyl sites for hydroxylation is 1. The quantitative estimate of drug-likeness (QED) is 0.889. The zero-order chi connectivity index (χ0) is 16.9. The zero-order valence-corrected chi connectivity index (χ0v) is 14.4. The fourth-order valence-electron chi connectivity index (χ4n) is 2.86. The first-order chi connectivity index (χ1) is 11.6. The smallest absolute Gasteiger partial charge is 0.320 e. The summed E-state index contributed by atoms with van der Waals surface area (Å²) < 4.78 is 0. The highest BCUT2D eigenvalue weighted by Crippen LogP contribution is 2.22. The summed E-state index contributed by atoms with van der Waals surface area (Å²) in [5, 5.41) is 6.55. The maximum atomic E-state index is 12.2. The van der Waals surface area contributed by atoms with Gasteiger partial charge < -0.3 is 10.2 Å². The summed E-state index contributed by atoms with van der Waals surface area (Å²) >= 11 is 5.95. The highest BCUT2D eigenvalue weighted by atomic mass is 35.5. The maximum absolute atomic E-state index is 12.2. The van der Waals surface area contributed by atoms with Crippen molar-refractivity contribution in [1.29, 1.82) is 0 Å². The van der Waals surface area contributed by atoms with Crippen molar-refractivity contribution in [1.82, 2.24) is 10.3 Å². The second-order valence-corrected chi connectivity index (χ2v) is 6.52. The summed E-state index contributed by atoms with van der Waals surface area (Å²) in [5.41, 5.74) is 2.19. The van der Waals surface area contributed by atoms with Gasteiger partial charge in [-0.3, -0.25) is 5.32 Å². The minimum absolute atomic E-state index is 0.111. The number of hydrogen-bond acceptors (Lipinski definition) is 3. The normalized spacial score (nSPS) is 17.4. The number of rotatable bonds is 3. The molecule has 24 heavy (non-hydrogen) atoms. The Morgan fingerprint density at radius 3 is 2.75 bits per heavy atom. The van der Waals surface area contributed by atoms with Crippen molar-refractivity contribution in [2.24, 2.45) is 0 Å². The van der Waals surface area contributed by atoms with Gasteiger partial charge in [0.25, 0.3) is 0 Å². The van der Waals surface area contributed by atoms with Gasteiger partial charge in [-0.15, -0.1) is 0 Å². The predicted molar refractivity (Wildman–Crippen MR) is 97.8 cm³/mol. The second kappa shape index (κ2) is 7.53. The average molecular weight is 345 g/mol. The van der Waals surface area contributed by atoms with Crippen LogP contribution in [0.2, 0.25) is 5.02 Å². The summed E-state index contributed by atoms with van der Waals surface area (Å²) in [4.78, 5) is 18.6. The number of amides is 2. The molecule has 1 aliphatic heterocycles. The van der Waals surface area contributed by atoms with E-state index in [4.69, 9.17) is 11.6 Å². The highest BCUT2D eigenvalue weighted by molar-refractivity contribution is 6.30. The van der Waals surface area contributed by atoms with Crippen LogP contribution in [0.3, 0.4) is 0 Å². The van der Waals surface area contributed by atoms with Gasteiger partial charge in [0.15, 0.2) is 0 Å². The van der Waals surface area contributed by atoms with E-state index < -0.39 is 0 Å². The monoisotopic (exact) mass is 344 g/mol. The number of anilines is 2. The first-order valence-corrected chi connectivity index (χ1v) is 8.48. The number of hydrogen-bond donors (Lipinski definition) is 2. The molecule has 1 aromatic carbocycles. The van der Waals surface area contributed by atoms with Gasteiger partial charge in [0.1, 0.15) is 5.82 Å². The SMILES string of the molecule is Cc1ccc(NC(=O)NC2CCCN(c3ccc(Cl)cc3)C2)nc1. The number of piperidine rings is 1. The Balaban J connectivity index is 1.55. The lowest BCUT2D eigenvalue weighted by atomic mass is 10.1. The van der Waals surface area contributed by atoms with Crippen LogP contribution < -0.4 is 15.5 Å². The van der Waals surface area contributed by atoms with Crippen molar-refractivity contribution < 1.29 is 4.79 Å². The Hall–Kier alpha value is -2.27. The van der Waals surface area contributed by atoms with E-state index in [2.05, 4.69) is 20.5 Å². The Morgan fingerprint density at radius 1 is 1.25 bits per heavy atom. The predicted octanol–water partition coefficient (Wildman–Crippen LogP) is 3.83. The van der Waals surface area contributed by atoms with Gasteiger partial charge >= 0.3 is 6.03 Å². The van der Waals surface area contributed by atoms with Gasteiger partial charge in [0.05, 0.1) is 0 Å². The van der Waals surface area contributed by atoms with E-state index in [-0.39, 0.29) is 12.1 Å². The standard InChI is InChI=1S/C18H21ClN4O/c1-13-4-9-17(20-11-13)22-18(24)21-15-3-2-10-23(12-15)16-7-5-14(19)6-8-16/h4-9,11,15H,2-3,10,12H2,1H3,(H2,20,21,22,24). The van der Waals surface area contributed by atoms with Crippen molar-refractivity contribution >= 4 is 29.1 Å². The summed E-state index contributed by atoms with van der Waals surface area (Å²) in [6.07, 6.45) is 3.74. The Labute approximate surface area is 147 Å². The zero-order valence-electron chi connectivity index (χ0n) is 13.6. The maximum Gasteiger partial charge on any atom is 0.320 e. The van der Waals surface area contributed by atoms with Gasteiger partial charge in [-0.2, -0.15) is 0 Å². The number of halogens is 1. The molecule has 1 aliphatic rings. The summed E-state index contributed by atoms with van der Waals surface area (Å²) in [7, 11) is 0. The Morgan fingerprint density at radius 2 is 2.04 bits per heavy atom. The van der Waals surface area contributed by atoms with Crippen molar-refractivity contribution in [2.45, 2.75) is 25.8 Å². The van der Waals surface area contributed by atoms with Gasteiger partial charge in [0, 0.05) is 36.0 Å². The van der Waals surface area contributed by atoms with E-state index in [0.717, 1.165) is 42.2 Å². The van der Waals surface area contributed by atoms with Crippen LogP contribution in [-0.4, -0.2) is 30.1 Å². The average Bonchev–Trinajstić information content (AvgIpc) is 2.58. The molecule has 126 valence electrons. The number of nitrogens with one attached hydrogen (secondary N) is 2. The largest absolute Gasteiger partial charge is 0.369 e. The molecule has 0 saturated carbocycles. The fourth-order valence-corrected chi connectivity index (χ4v) is 2.99. The number of urea groups is 1. The van der Waals surface area contributed by atoms with Crippen LogP contribution in [0.1, 0.15) is 18.4 Å². The van der Waals surface area contributed by atoms with Crippen molar-refractivity contribution in [3.63, 3.8) is 0 Å². The molecular weight excluding hydrogens is 324 g/mol. The number of benzene rings is 1. The molecule has 1 fully saturated rings. The van der Waals surface area contributed by atoms with Crippen LogP contribution >= 0.6 is 11.6 Å². The molecule has 0 bridgehead atoms. The fraction of sp³-hybridized carbons (Fsp3) is 0.333. The molecule has 0 aliphatic carbocycles. The van der Waals surface area contributed by atoms with E-state index in [9.17, 15) is 4.79 Å².